The van der Waals surface area contributed by atoms with Crippen LogP contribution < -0.4 is 4.74 Å². The zero-order chi connectivity index (χ0) is 23.9. The highest BCUT2D eigenvalue weighted by molar-refractivity contribution is 5.92. The Balaban J connectivity index is 1.32. The molecule has 0 amide bonds. The summed E-state index contributed by atoms with van der Waals surface area (Å²) in [6.45, 7) is 8.79. The van der Waals surface area contributed by atoms with Crippen LogP contribution in [0.2, 0.25) is 0 Å². The van der Waals surface area contributed by atoms with Crippen molar-refractivity contribution in [3.63, 3.8) is 0 Å². The first-order chi connectivity index (χ1) is 17.1. The maximum Gasteiger partial charge on any atom is 0.203 e. The second kappa shape index (κ2) is 9.28. The standard InChI is InChI=1S/C28H35N5O2/c1-18(2)26-23-14-20(19-6-10-32(11-7-19)22-8-12-35-13-9-22)4-5-24(23)30-27(26)21-15-25(34-3)28-31-29-17-33(28)16-21/h4-5,14-19,22,30H,6-13H2,1-3H3. The van der Waals surface area contributed by atoms with E-state index in [1.165, 1.54) is 60.8 Å². The van der Waals surface area contributed by atoms with Crippen molar-refractivity contribution in [2.45, 2.75) is 57.4 Å². The quantitative estimate of drug-likeness (QED) is 0.422. The smallest absolute Gasteiger partial charge is 0.203 e. The Bertz CT molecular complexity index is 1330. The molecular formula is C28H35N5O2. The highest BCUT2D eigenvalue weighted by Crippen LogP contribution is 2.39. The Morgan fingerprint density at radius 2 is 1.89 bits per heavy atom. The second-order valence-corrected chi connectivity index (χ2v) is 10.4. The van der Waals surface area contributed by atoms with Crippen molar-refractivity contribution in [3.05, 3.63) is 47.9 Å². The minimum Gasteiger partial charge on any atom is -0.493 e. The van der Waals surface area contributed by atoms with Crippen molar-refractivity contribution >= 4 is 16.6 Å². The summed E-state index contributed by atoms with van der Waals surface area (Å²) in [5, 5.41) is 9.58. The molecule has 3 aromatic heterocycles. The molecule has 1 N–H and O–H groups in total. The summed E-state index contributed by atoms with van der Waals surface area (Å²) in [6.07, 6.45) is 8.65. The molecule has 0 unspecified atom stereocenters. The molecule has 0 radical (unpaired) electrons. The van der Waals surface area contributed by atoms with Crippen LogP contribution in [0, 0.1) is 0 Å². The summed E-state index contributed by atoms with van der Waals surface area (Å²) in [4.78, 5) is 6.43. The Morgan fingerprint density at radius 3 is 2.63 bits per heavy atom. The molecule has 5 heterocycles. The van der Waals surface area contributed by atoms with Crippen LogP contribution in [-0.2, 0) is 4.74 Å². The van der Waals surface area contributed by atoms with Gasteiger partial charge in [0.2, 0.25) is 5.65 Å². The number of pyridine rings is 1. The first-order valence-corrected chi connectivity index (χ1v) is 13.0. The molecule has 184 valence electrons. The van der Waals surface area contributed by atoms with Gasteiger partial charge >= 0.3 is 0 Å². The van der Waals surface area contributed by atoms with Crippen molar-refractivity contribution in [3.8, 4) is 17.0 Å². The molecule has 0 aliphatic carbocycles. The summed E-state index contributed by atoms with van der Waals surface area (Å²) in [5.74, 6) is 1.74. The number of rotatable bonds is 5. The van der Waals surface area contributed by atoms with Gasteiger partial charge in [0.05, 0.1) is 12.8 Å². The predicted octanol–water partition coefficient (Wildman–Crippen LogP) is 5.37. The maximum absolute atomic E-state index is 5.63. The van der Waals surface area contributed by atoms with Gasteiger partial charge in [-0.05, 0) is 79.9 Å². The summed E-state index contributed by atoms with van der Waals surface area (Å²) >= 11 is 0. The maximum atomic E-state index is 5.63. The fourth-order valence-electron chi connectivity index (χ4n) is 6.15. The predicted molar refractivity (Wildman–Crippen MR) is 138 cm³/mol. The first-order valence-electron chi connectivity index (χ1n) is 13.0. The summed E-state index contributed by atoms with van der Waals surface area (Å²) in [7, 11) is 1.68. The van der Waals surface area contributed by atoms with Gasteiger partial charge in [0, 0.05) is 41.9 Å². The molecule has 6 rings (SSSR count). The van der Waals surface area contributed by atoms with Crippen LogP contribution >= 0.6 is 0 Å². The minimum absolute atomic E-state index is 0.381. The number of H-pyrrole nitrogens is 1. The summed E-state index contributed by atoms with van der Waals surface area (Å²) in [5.41, 5.74) is 6.98. The van der Waals surface area contributed by atoms with Gasteiger partial charge in [-0.25, -0.2) is 0 Å². The number of ether oxygens (including phenoxy) is 2. The van der Waals surface area contributed by atoms with E-state index >= 15 is 0 Å². The van der Waals surface area contributed by atoms with Gasteiger partial charge in [-0.2, -0.15) is 0 Å². The molecule has 2 saturated heterocycles. The van der Waals surface area contributed by atoms with Gasteiger partial charge in [-0.1, -0.05) is 19.9 Å². The van der Waals surface area contributed by atoms with E-state index in [0.29, 0.717) is 17.9 Å². The SMILES string of the molecule is COc1cc(-c2[nH]c3ccc(C4CCN(C5CCOCC5)CC4)cc3c2C(C)C)cn2cnnc12. The third kappa shape index (κ3) is 4.10. The van der Waals surface area contributed by atoms with Crippen LogP contribution in [0.1, 0.15) is 62.5 Å². The van der Waals surface area contributed by atoms with Gasteiger partial charge < -0.3 is 19.4 Å². The van der Waals surface area contributed by atoms with Gasteiger partial charge in [0.1, 0.15) is 6.33 Å². The van der Waals surface area contributed by atoms with E-state index in [1.54, 1.807) is 13.4 Å². The minimum atomic E-state index is 0.381. The van der Waals surface area contributed by atoms with Crippen molar-refractivity contribution in [1.29, 1.82) is 0 Å². The molecular weight excluding hydrogens is 438 g/mol. The van der Waals surface area contributed by atoms with E-state index in [0.717, 1.165) is 35.9 Å². The number of methoxy groups -OCH3 is 1. The number of hydrogen-bond donors (Lipinski definition) is 1. The van der Waals surface area contributed by atoms with E-state index in [2.05, 4.69) is 64.4 Å². The highest BCUT2D eigenvalue weighted by Gasteiger charge is 2.28. The number of fused-ring (bicyclic) bond motifs is 2. The molecule has 2 aliphatic heterocycles. The van der Waals surface area contributed by atoms with Crippen LogP contribution in [0.5, 0.6) is 5.75 Å². The zero-order valence-corrected chi connectivity index (χ0v) is 21.0. The lowest BCUT2D eigenvalue weighted by Gasteiger charge is -2.39. The largest absolute Gasteiger partial charge is 0.493 e. The molecule has 0 saturated carbocycles. The van der Waals surface area contributed by atoms with Gasteiger partial charge in [-0.3, -0.25) is 4.40 Å². The highest BCUT2D eigenvalue weighted by atomic mass is 16.5. The number of piperidine rings is 1. The number of aromatic amines is 1. The molecule has 1 aromatic carbocycles. The van der Waals surface area contributed by atoms with E-state index in [9.17, 15) is 0 Å². The topological polar surface area (TPSA) is 67.7 Å². The number of likely N-dealkylation sites (tertiary alicyclic amines) is 1. The molecule has 35 heavy (non-hydrogen) atoms. The monoisotopic (exact) mass is 473 g/mol. The first kappa shape index (κ1) is 22.6. The fraction of sp³-hybridized carbons (Fsp3) is 0.500. The number of nitrogens with one attached hydrogen (secondary N) is 1. The number of nitrogens with zero attached hydrogens (tertiary/aromatic N) is 4. The fourth-order valence-corrected chi connectivity index (χ4v) is 6.15. The van der Waals surface area contributed by atoms with E-state index in [4.69, 9.17) is 9.47 Å². The Morgan fingerprint density at radius 1 is 1.09 bits per heavy atom. The molecule has 0 spiro atoms. The normalized spacial score (nSPS) is 18.7. The van der Waals surface area contributed by atoms with Gasteiger partial charge in [0.15, 0.2) is 5.75 Å². The van der Waals surface area contributed by atoms with E-state index in [-0.39, 0.29) is 0 Å². The molecule has 4 aromatic rings. The number of hydrogen-bond acceptors (Lipinski definition) is 5. The molecule has 0 atom stereocenters. The van der Waals surface area contributed by atoms with Gasteiger partial charge in [-0.15, -0.1) is 10.2 Å². The summed E-state index contributed by atoms with van der Waals surface area (Å²) < 4.78 is 13.1. The number of aromatic nitrogens is 4. The zero-order valence-electron chi connectivity index (χ0n) is 21.0. The molecule has 0 bridgehead atoms. The average molecular weight is 474 g/mol. The molecule has 2 aliphatic rings. The van der Waals surface area contributed by atoms with Crippen LogP contribution in [0.15, 0.2) is 36.8 Å². The van der Waals surface area contributed by atoms with Crippen molar-refractivity contribution in [2.24, 2.45) is 0 Å². The molecule has 7 heteroatoms. The van der Waals surface area contributed by atoms with E-state index < -0.39 is 0 Å². The van der Waals surface area contributed by atoms with Crippen LogP contribution in [0.25, 0.3) is 27.8 Å². The summed E-state index contributed by atoms with van der Waals surface area (Å²) in [6, 6.07) is 9.85. The molecule has 2 fully saturated rings. The van der Waals surface area contributed by atoms with Crippen molar-refractivity contribution < 1.29 is 9.47 Å². The lowest BCUT2D eigenvalue weighted by molar-refractivity contribution is 0.0252. The lowest BCUT2D eigenvalue weighted by atomic mass is 9.86. The van der Waals surface area contributed by atoms with Gasteiger partial charge in [0.25, 0.3) is 0 Å². The average Bonchev–Trinajstić information content (AvgIpc) is 3.53. The Hall–Kier alpha value is -2.90. The molecule has 7 nitrogen and oxygen atoms in total. The third-order valence-electron chi connectivity index (χ3n) is 8.02. The van der Waals surface area contributed by atoms with E-state index in [1.807, 2.05) is 4.40 Å². The lowest BCUT2D eigenvalue weighted by Crippen LogP contribution is -2.43. The van der Waals surface area contributed by atoms with Crippen LogP contribution in [0.3, 0.4) is 0 Å². The third-order valence-corrected chi connectivity index (χ3v) is 8.02. The number of benzene rings is 1. The van der Waals surface area contributed by atoms with Crippen LogP contribution in [-0.4, -0.2) is 63.9 Å². The van der Waals surface area contributed by atoms with Crippen LogP contribution in [0.4, 0.5) is 0 Å². The van der Waals surface area contributed by atoms with Crippen molar-refractivity contribution in [1.82, 2.24) is 24.5 Å². The second-order valence-electron chi connectivity index (χ2n) is 10.4. The Labute approximate surface area is 206 Å². The van der Waals surface area contributed by atoms with Crippen molar-refractivity contribution in [2.75, 3.05) is 33.4 Å². The Kier molecular flexibility index (Phi) is 5.98.